The predicted molar refractivity (Wildman–Crippen MR) is 127 cm³/mol. The van der Waals surface area contributed by atoms with Gasteiger partial charge in [-0.1, -0.05) is 25.5 Å². The van der Waals surface area contributed by atoms with Crippen LogP contribution in [0.5, 0.6) is 0 Å². The zero-order valence-electron chi connectivity index (χ0n) is 18.6. The number of hydrogen-bond donors (Lipinski definition) is 2. The van der Waals surface area contributed by atoms with E-state index in [9.17, 15) is 9.59 Å². The Hall–Kier alpha value is -3.28. The van der Waals surface area contributed by atoms with Crippen molar-refractivity contribution in [1.29, 1.82) is 0 Å². The summed E-state index contributed by atoms with van der Waals surface area (Å²) < 4.78 is 10.9. The maximum atomic E-state index is 12.4. The highest BCUT2D eigenvalue weighted by Gasteiger charge is 2.23. The third-order valence-electron chi connectivity index (χ3n) is 5.99. The molecule has 1 fully saturated rings. The fourth-order valence-corrected chi connectivity index (χ4v) is 3.92. The van der Waals surface area contributed by atoms with Crippen LogP contribution in [0.1, 0.15) is 60.5 Å². The van der Waals surface area contributed by atoms with Crippen LogP contribution in [0.2, 0.25) is 0 Å². The normalized spacial score (nSPS) is 18.4. The molecule has 0 unspecified atom stereocenters. The number of benzene rings is 2. The van der Waals surface area contributed by atoms with Gasteiger partial charge >= 0.3 is 11.9 Å². The Bertz CT molecular complexity index is 945. The van der Waals surface area contributed by atoms with Crippen molar-refractivity contribution < 1.29 is 19.1 Å². The van der Waals surface area contributed by atoms with Gasteiger partial charge in [-0.3, -0.25) is 0 Å². The van der Waals surface area contributed by atoms with Crippen LogP contribution in [-0.4, -0.2) is 24.6 Å². The summed E-state index contributed by atoms with van der Waals surface area (Å²) in [5.41, 5.74) is 15.1. The molecule has 6 heteroatoms. The van der Waals surface area contributed by atoms with Crippen LogP contribution in [0.4, 0.5) is 11.4 Å². The number of nitrogens with two attached hydrogens (primary N) is 2. The van der Waals surface area contributed by atoms with Gasteiger partial charge in [-0.05, 0) is 79.1 Å². The first-order valence-electron chi connectivity index (χ1n) is 11.2. The molecule has 170 valence electrons. The first-order valence-corrected chi connectivity index (χ1v) is 11.2. The Balaban J connectivity index is 1.43. The average molecular weight is 437 g/mol. The van der Waals surface area contributed by atoms with Crippen LogP contribution in [0.15, 0.2) is 48.5 Å². The summed E-state index contributed by atoms with van der Waals surface area (Å²) >= 11 is 0. The highest BCUT2D eigenvalue weighted by Crippen LogP contribution is 2.28. The van der Waals surface area contributed by atoms with E-state index in [-0.39, 0.29) is 18.7 Å². The maximum Gasteiger partial charge on any atom is 0.338 e. The standard InChI is InChI=1S/C26H32N2O4/c1-2-18-5-11-23(12-6-18)32-26(30)20-8-3-19(4-9-20)7-14-25(29)31-16-15-21-17-22(27)10-13-24(21)28/h3-4,7-10,13-14,17-18,23H,2,5-6,11-12,15-16,27-28H2,1H3/b14-7+. The van der Waals surface area contributed by atoms with E-state index in [1.165, 1.54) is 12.5 Å². The number of nitrogen functional groups attached to an aromatic ring is 2. The topological polar surface area (TPSA) is 105 Å². The van der Waals surface area contributed by atoms with Crippen molar-refractivity contribution in [2.45, 2.75) is 51.6 Å². The molecule has 3 rings (SSSR count). The van der Waals surface area contributed by atoms with Gasteiger partial charge in [-0.25, -0.2) is 9.59 Å². The van der Waals surface area contributed by atoms with Gasteiger partial charge in [0.1, 0.15) is 6.10 Å². The van der Waals surface area contributed by atoms with Crippen LogP contribution in [0.3, 0.4) is 0 Å². The van der Waals surface area contributed by atoms with E-state index >= 15 is 0 Å². The number of anilines is 2. The lowest BCUT2D eigenvalue weighted by molar-refractivity contribution is -0.137. The molecule has 0 aromatic heterocycles. The van der Waals surface area contributed by atoms with Gasteiger partial charge in [0.05, 0.1) is 12.2 Å². The summed E-state index contributed by atoms with van der Waals surface area (Å²) in [5.74, 6) is 0.0253. The summed E-state index contributed by atoms with van der Waals surface area (Å²) in [6.45, 7) is 2.42. The molecule has 2 aromatic carbocycles. The van der Waals surface area contributed by atoms with Crippen LogP contribution < -0.4 is 11.5 Å². The van der Waals surface area contributed by atoms with Crippen molar-refractivity contribution in [3.8, 4) is 0 Å². The van der Waals surface area contributed by atoms with Crippen molar-refractivity contribution in [2.75, 3.05) is 18.1 Å². The molecule has 0 heterocycles. The third kappa shape index (κ3) is 6.87. The van der Waals surface area contributed by atoms with Crippen LogP contribution in [-0.2, 0) is 20.7 Å². The predicted octanol–water partition coefficient (Wildman–Crippen LogP) is 4.78. The van der Waals surface area contributed by atoms with Gasteiger partial charge < -0.3 is 20.9 Å². The summed E-state index contributed by atoms with van der Waals surface area (Å²) in [5, 5.41) is 0. The first-order chi connectivity index (χ1) is 15.4. The molecule has 0 aliphatic heterocycles. The van der Waals surface area contributed by atoms with E-state index in [0.29, 0.717) is 23.4 Å². The Labute approximate surface area is 189 Å². The molecular weight excluding hydrogens is 404 g/mol. The van der Waals surface area contributed by atoms with E-state index in [4.69, 9.17) is 20.9 Å². The van der Waals surface area contributed by atoms with E-state index in [1.54, 1.807) is 48.5 Å². The minimum absolute atomic E-state index is 0.0160. The number of hydrogen-bond acceptors (Lipinski definition) is 6. The SMILES string of the molecule is CCC1CCC(OC(=O)c2ccc(/C=C/C(=O)OCCc3cc(N)ccc3N)cc2)CC1. The minimum Gasteiger partial charge on any atom is -0.462 e. The second kappa shape index (κ2) is 11.4. The fraction of sp³-hybridized carbons (Fsp3) is 0.385. The van der Waals surface area contributed by atoms with Crippen LogP contribution in [0.25, 0.3) is 6.08 Å². The van der Waals surface area contributed by atoms with E-state index < -0.39 is 5.97 Å². The number of ether oxygens (including phenoxy) is 2. The molecule has 0 atom stereocenters. The number of rotatable bonds is 8. The Morgan fingerprint density at radius 2 is 1.75 bits per heavy atom. The highest BCUT2D eigenvalue weighted by molar-refractivity contribution is 5.90. The molecular formula is C26H32N2O4. The van der Waals surface area contributed by atoms with E-state index in [2.05, 4.69) is 6.92 Å². The minimum atomic E-state index is -0.446. The second-order valence-corrected chi connectivity index (χ2v) is 8.29. The zero-order chi connectivity index (χ0) is 22.9. The Kier molecular flexibility index (Phi) is 8.31. The van der Waals surface area contributed by atoms with Crippen molar-refractivity contribution in [3.05, 3.63) is 65.2 Å². The summed E-state index contributed by atoms with van der Waals surface area (Å²) in [4.78, 5) is 24.4. The first kappa shape index (κ1) is 23.4. The molecule has 1 saturated carbocycles. The van der Waals surface area contributed by atoms with Gasteiger partial charge in [-0.15, -0.1) is 0 Å². The lowest BCUT2D eigenvalue weighted by Crippen LogP contribution is -2.24. The number of carbonyl (C=O) groups excluding carboxylic acids is 2. The van der Waals surface area contributed by atoms with Crippen LogP contribution in [0, 0.1) is 5.92 Å². The molecule has 0 radical (unpaired) electrons. The Morgan fingerprint density at radius 1 is 1.03 bits per heavy atom. The number of esters is 2. The van der Waals surface area contributed by atoms with Gasteiger partial charge in [0.15, 0.2) is 0 Å². The lowest BCUT2D eigenvalue weighted by Gasteiger charge is -2.27. The number of carbonyl (C=O) groups is 2. The molecule has 2 aromatic rings. The van der Waals surface area contributed by atoms with Crippen molar-refractivity contribution in [3.63, 3.8) is 0 Å². The second-order valence-electron chi connectivity index (χ2n) is 8.29. The van der Waals surface area contributed by atoms with E-state index in [0.717, 1.165) is 42.7 Å². The molecule has 6 nitrogen and oxygen atoms in total. The smallest absolute Gasteiger partial charge is 0.338 e. The van der Waals surface area contributed by atoms with Gasteiger partial charge in [0.25, 0.3) is 0 Å². The summed E-state index contributed by atoms with van der Waals surface area (Å²) in [6.07, 6.45) is 8.85. The molecule has 4 N–H and O–H groups in total. The monoisotopic (exact) mass is 436 g/mol. The highest BCUT2D eigenvalue weighted by atomic mass is 16.5. The van der Waals surface area contributed by atoms with Crippen molar-refractivity contribution in [2.24, 2.45) is 5.92 Å². The molecule has 0 amide bonds. The van der Waals surface area contributed by atoms with Crippen molar-refractivity contribution in [1.82, 2.24) is 0 Å². The maximum absolute atomic E-state index is 12.4. The molecule has 32 heavy (non-hydrogen) atoms. The largest absolute Gasteiger partial charge is 0.462 e. The molecule has 0 bridgehead atoms. The zero-order valence-corrected chi connectivity index (χ0v) is 18.6. The van der Waals surface area contributed by atoms with Gasteiger partial charge in [-0.2, -0.15) is 0 Å². The Morgan fingerprint density at radius 3 is 2.44 bits per heavy atom. The van der Waals surface area contributed by atoms with Gasteiger partial charge in [0, 0.05) is 23.9 Å². The van der Waals surface area contributed by atoms with Crippen molar-refractivity contribution >= 4 is 29.4 Å². The third-order valence-corrected chi connectivity index (χ3v) is 5.99. The molecule has 1 aliphatic carbocycles. The molecule has 0 spiro atoms. The quantitative estimate of drug-likeness (QED) is 0.351. The average Bonchev–Trinajstić information content (AvgIpc) is 2.80. The lowest BCUT2D eigenvalue weighted by atomic mass is 9.86. The molecule has 0 saturated heterocycles. The molecule has 1 aliphatic rings. The summed E-state index contributed by atoms with van der Waals surface area (Å²) in [7, 11) is 0. The fourth-order valence-electron chi connectivity index (χ4n) is 3.92. The van der Waals surface area contributed by atoms with E-state index in [1.807, 2.05) is 0 Å². The van der Waals surface area contributed by atoms with Crippen LogP contribution >= 0.6 is 0 Å². The summed E-state index contributed by atoms with van der Waals surface area (Å²) in [6, 6.07) is 12.2. The van der Waals surface area contributed by atoms with Gasteiger partial charge in [0.2, 0.25) is 0 Å².